The fourth-order valence-corrected chi connectivity index (χ4v) is 4.20. The smallest absolute Gasteiger partial charge is 0.283 e. The van der Waals surface area contributed by atoms with E-state index in [0.717, 1.165) is 5.56 Å². The van der Waals surface area contributed by atoms with E-state index in [1.807, 2.05) is 67.6 Å². The van der Waals surface area contributed by atoms with Crippen molar-refractivity contribution in [3.63, 3.8) is 0 Å². The van der Waals surface area contributed by atoms with E-state index in [1.54, 1.807) is 24.0 Å². The highest BCUT2D eigenvalue weighted by atomic mass is 32.2. The highest BCUT2D eigenvalue weighted by molar-refractivity contribution is 8.15. The van der Waals surface area contributed by atoms with Crippen molar-refractivity contribution in [2.45, 2.75) is 25.5 Å². The third-order valence-corrected chi connectivity index (χ3v) is 6.05. The summed E-state index contributed by atoms with van der Waals surface area (Å²) in [6.07, 6.45) is 2.30. The van der Waals surface area contributed by atoms with Crippen LogP contribution < -0.4 is 10.2 Å². The molecule has 1 aliphatic heterocycles. The van der Waals surface area contributed by atoms with Crippen LogP contribution in [0.2, 0.25) is 0 Å². The number of amidine groups is 1. The van der Waals surface area contributed by atoms with Crippen molar-refractivity contribution >= 4 is 46.3 Å². The lowest BCUT2D eigenvalue weighted by Gasteiger charge is -2.20. The molecule has 0 saturated heterocycles. The van der Waals surface area contributed by atoms with Crippen molar-refractivity contribution in [1.82, 2.24) is 5.16 Å². The number of aliphatic imine (C=N–C) groups is 1. The van der Waals surface area contributed by atoms with Gasteiger partial charge >= 0.3 is 0 Å². The number of nitrogens with zero attached hydrogens (tertiary/aromatic N) is 3. The van der Waals surface area contributed by atoms with Gasteiger partial charge in [0.25, 0.3) is 5.91 Å². The fraction of sp³-hybridized carbons (Fsp3) is 0.167. The number of nitrogens with one attached hydrogen (secondary N) is 1. The second-order valence-corrected chi connectivity index (χ2v) is 8.31. The number of rotatable bonds is 6. The first-order chi connectivity index (χ1) is 15.5. The van der Waals surface area contributed by atoms with Crippen LogP contribution in [-0.2, 0) is 9.59 Å². The van der Waals surface area contributed by atoms with Crippen LogP contribution >= 0.6 is 11.8 Å². The van der Waals surface area contributed by atoms with E-state index in [9.17, 15) is 9.59 Å². The largest absolute Gasteiger partial charge is 0.360 e. The van der Waals surface area contributed by atoms with Crippen molar-refractivity contribution in [2.24, 2.45) is 4.99 Å². The van der Waals surface area contributed by atoms with Gasteiger partial charge in [0.05, 0.1) is 10.9 Å². The van der Waals surface area contributed by atoms with Crippen LogP contribution in [0, 0.1) is 6.92 Å². The van der Waals surface area contributed by atoms with Crippen LogP contribution in [0.5, 0.6) is 0 Å². The Labute approximate surface area is 190 Å². The Morgan fingerprint density at radius 2 is 1.84 bits per heavy atom. The van der Waals surface area contributed by atoms with Crippen LogP contribution in [0.3, 0.4) is 0 Å². The van der Waals surface area contributed by atoms with Gasteiger partial charge in [-0.25, -0.2) is 4.99 Å². The number of hydrogen-bond acceptors (Lipinski definition) is 6. The number of aromatic nitrogens is 1. The number of hydrogen-bond donors (Lipinski definition) is 1. The van der Waals surface area contributed by atoms with Crippen LogP contribution in [0.15, 0.2) is 81.9 Å². The summed E-state index contributed by atoms with van der Waals surface area (Å²) in [6, 6.07) is 20.5. The number of benzene rings is 2. The summed E-state index contributed by atoms with van der Waals surface area (Å²) in [4.78, 5) is 32.3. The average Bonchev–Trinajstić information content (AvgIpc) is 3.35. The Kier molecular flexibility index (Phi) is 6.51. The maximum absolute atomic E-state index is 13.3. The summed E-state index contributed by atoms with van der Waals surface area (Å²) >= 11 is 1.25. The molecule has 1 aliphatic rings. The maximum Gasteiger partial charge on any atom is 0.283 e. The maximum atomic E-state index is 13.3. The van der Waals surface area contributed by atoms with Crippen molar-refractivity contribution in [1.29, 1.82) is 0 Å². The zero-order valence-electron chi connectivity index (χ0n) is 17.7. The molecule has 0 saturated carbocycles. The number of carbonyl (C=O) groups excluding carboxylic acids is 2. The summed E-state index contributed by atoms with van der Waals surface area (Å²) in [6.45, 7) is 3.67. The Morgan fingerprint density at radius 1 is 1.16 bits per heavy atom. The molecule has 2 heterocycles. The van der Waals surface area contributed by atoms with Crippen molar-refractivity contribution in [3.05, 3.63) is 83.8 Å². The summed E-state index contributed by atoms with van der Waals surface area (Å²) in [7, 11) is 0. The lowest BCUT2D eigenvalue weighted by molar-refractivity contribution is -0.116. The van der Waals surface area contributed by atoms with Gasteiger partial charge in [-0.2, -0.15) is 0 Å². The summed E-state index contributed by atoms with van der Waals surface area (Å²) in [5.41, 5.74) is 1.90. The van der Waals surface area contributed by atoms with Gasteiger partial charge in [0.15, 0.2) is 11.0 Å². The Hall–Kier alpha value is -3.65. The topological polar surface area (TPSA) is 87.8 Å². The Bertz CT molecular complexity index is 1170. The standard InChI is InChI=1S/C24H22N4O3S/c1-3-20(22(29)26-21-14-16(2)31-27-21)32-24-25-19(15-17-10-6-4-7-11-17)23(30)28(24)18-12-8-5-9-13-18/h4-15,20H,3H2,1-2H3,(H,26,27,29). The van der Waals surface area contributed by atoms with Gasteiger partial charge in [-0.1, -0.05) is 72.4 Å². The molecule has 2 aromatic carbocycles. The minimum Gasteiger partial charge on any atom is -0.360 e. The Morgan fingerprint density at radius 3 is 2.47 bits per heavy atom. The molecule has 7 nitrogen and oxygen atoms in total. The van der Waals surface area contributed by atoms with E-state index in [0.29, 0.717) is 34.6 Å². The molecular weight excluding hydrogens is 424 g/mol. The molecule has 0 bridgehead atoms. The molecule has 1 atom stereocenters. The second-order valence-electron chi connectivity index (χ2n) is 7.14. The first-order valence-electron chi connectivity index (χ1n) is 10.2. The van der Waals surface area contributed by atoms with Gasteiger partial charge in [-0.05, 0) is 37.1 Å². The number of thioether (sulfide) groups is 1. The van der Waals surface area contributed by atoms with E-state index in [-0.39, 0.29) is 11.8 Å². The molecule has 3 aromatic rings. The highest BCUT2D eigenvalue weighted by Gasteiger charge is 2.34. The molecule has 1 unspecified atom stereocenters. The molecule has 32 heavy (non-hydrogen) atoms. The lowest BCUT2D eigenvalue weighted by Crippen LogP contribution is -2.34. The molecule has 0 aliphatic carbocycles. The van der Waals surface area contributed by atoms with Crippen molar-refractivity contribution in [2.75, 3.05) is 10.2 Å². The molecule has 162 valence electrons. The van der Waals surface area contributed by atoms with Gasteiger partial charge in [0.1, 0.15) is 11.5 Å². The molecule has 2 amide bonds. The SMILES string of the molecule is CCC(SC1=NC(=Cc2ccccc2)C(=O)N1c1ccccc1)C(=O)Nc1cc(C)on1. The molecule has 8 heteroatoms. The summed E-state index contributed by atoms with van der Waals surface area (Å²) in [5, 5.41) is 6.57. The van der Waals surface area contributed by atoms with Crippen LogP contribution in [0.1, 0.15) is 24.7 Å². The van der Waals surface area contributed by atoms with E-state index in [1.165, 1.54) is 11.8 Å². The van der Waals surface area contributed by atoms with Crippen molar-refractivity contribution in [3.8, 4) is 0 Å². The van der Waals surface area contributed by atoms with E-state index in [2.05, 4.69) is 15.5 Å². The van der Waals surface area contributed by atoms with Gasteiger partial charge in [0.2, 0.25) is 5.91 Å². The number of anilines is 2. The average molecular weight is 447 g/mol. The monoisotopic (exact) mass is 446 g/mol. The first kappa shape index (κ1) is 21.6. The van der Waals surface area contributed by atoms with E-state index >= 15 is 0 Å². The predicted molar refractivity (Wildman–Crippen MR) is 127 cm³/mol. The van der Waals surface area contributed by atoms with E-state index < -0.39 is 5.25 Å². The number of para-hydroxylation sites is 1. The van der Waals surface area contributed by atoms with Gasteiger partial charge in [-0.3, -0.25) is 14.5 Å². The van der Waals surface area contributed by atoms with Crippen LogP contribution in [0.25, 0.3) is 6.08 Å². The first-order valence-corrected chi connectivity index (χ1v) is 11.1. The second kappa shape index (κ2) is 9.65. The highest BCUT2D eigenvalue weighted by Crippen LogP contribution is 2.32. The molecule has 1 N–H and O–H groups in total. The van der Waals surface area contributed by atoms with Crippen LogP contribution in [0.4, 0.5) is 11.5 Å². The molecule has 4 rings (SSSR count). The molecule has 0 fully saturated rings. The summed E-state index contributed by atoms with van der Waals surface area (Å²) < 4.78 is 5.02. The van der Waals surface area contributed by atoms with Crippen molar-refractivity contribution < 1.29 is 14.1 Å². The number of aryl methyl sites for hydroxylation is 1. The lowest BCUT2D eigenvalue weighted by atomic mass is 10.2. The molecule has 0 spiro atoms. The minimum absolute atomic E-state index is 0.227. The summed E-state index contributed by atoms with van der Waals surface area (Å²) in [5.74, 6) is 0.512. The zero-order chi connectivity index (χ0) is 22.5. The quantitative estimate of drug-likeness (QED) is 0.546. The predicted octanol–water partition coefficient (Wildman–Crippen LogP) is 4.88. The molecule has 0 radical (unpaired) electrons. The zero-order valence-corrected chi connectivity index (χ0v) is 18.5. The molecular formula is C24H22N4O3S. The minimum atomic E-state index is -0.471. The Balaban J connectivity index is 1.62. The third-order valence-electron chi connectivity index (χ3n) is 4.74. The molecule has 1 aromatic heterocycles. The number of amides is 2. The third kappa shape index (κ3) is 4.81. The van der Waals surface area contributed by atoms with Gasteiger partial charge < -0.3 is 9.84 Å². The number of carbonyl (C=O) groups is 2. The van der Waals surface area contributed by atoms with Gasteiger partial charge in [0, 0.05) is 6.07 Å². The van der Waals surface area contributed by atoms with Gasteiger partial charge in [-0.15, -0.1) is 0 Å². The normalized spacial score (nSPS) is 15.7. The fourth-order valence-electron chi connectivity index (χ4n) is 3.17. The van der Waals surface area contributed by atoms with E-state index in [4.69, 9.17) is 4.52 Å². The van der Waals surface area contributed by atoms with Crippen LogP contribution in [-0.4, -0.2) is 27.4 Å².